The number of benzene rings is 3. The normalized spacial score (nSPS) is 29.1. The Balaban J connectivity index is 1.21. The predicted octanol–water partition coefficient (Wildman–Crippen LogP) is 5.49. The van der Waals surface area contributed by atoms with Crippen molar-refractivity contribution in [3.63, 3.8) is 0 Å². The van der Waals surface area contributed by atoms with Gasteiger partial charge in [0.15, 0.2) is 0 Å². The van der Waals surface area contributed by atoms with E-state index in [0.29, 0.717) is 30.7 Å². The third-order valence-corrected chi connectivity index (χ3v) is 9.54. The van der Waals surface area contributed by atoms with Gasteiger partial charge in [0.05, 0.1) is 47.0 Å². The van der Waals surface area contributed by atoms with Crippen LogP contribution in [0.5, 0.6) is 5.75 Å². The Bertz CT molecular complexity index is 1540. The number of rotatable bonds is 6. The van der Waals surface area contributed by atoms with Gasteiger partial charge in [-0.25, -0.2) is 4.90 Å². The lowest BCUT2D eigenvalue weighted by Gasteiger charge is -2.31. The minimum Gasteiger partial charge on any atom is -0.493 e. The fourth-order valence-electron chi connectivity index (χ4n) is 7.69. The molecule has 4 atom stereocenters. The van der Waals surface area contributed by atoms with Gasteiger partial charge in [-0.15, -0.1) is 0 Å². The molecule has 0 spiro atoms. The van der Waals surface area contributed by atoms with Crippen molar-refractivity contribution in [1.82, 2.24) is 0 Å². The summed E-state index contributed by atoms with van der Waals surface area (Å²) in [5, 5.41) is 11.1. The minimum absolute atomic E-state index is 0.183. The molecule has 0 unspecified atom stereocenters. The zero-order valence-electron chi connectivity index (χ0n) is 21.5. The van der Waals surface area contributed by atoms with Crippen LogP contribution >= 0.6 is 0 Å². The summed E-state index contributed by atoms with van der Waals surface area (Å²) in [5.41, 5.74) is 2.53. The molecule has 6 nitrogen and oxygen atoms in total. The van der Waals surface area contributed by atoms with E-state index in [1.807, 2.05) is 30.3 Å². The van der Waals surface area contributed by atoms with E-state index in [1.165, 1.54) is 22.4 Å². The maximum Gasteiger partial charge on any atom is 0.240 e. The number of anilines is 1. The van der Waals surface area contributed by atoms with Crippen molar-refractivity contribution in [2.24, 2.45) is 11.8 Å². The largest absolute Gasteiger partial charge is 0.493 e. The summed E-state index contributed by atoms with van der Waals surface area (Å²) >= 11 is 0. The van der Waals surface area contributed by atoms with Gasteiger partial charge in [-0.3, -0.25) is 9.59 Å². The molecule has 0 aromatic heterocycles. The summed E-state index contributed by atoms with van der Waals surface area (Å²) in [7, 11) is 0. The highest BCUT2D eigenvalue weighted by atomic mass is 16.5. The van der Waals surface area contributed by atoms with Crippen molar-refractivity contribution in [1.29, 1.82) is 5.26 Å². The van der Waals surface area contributed by atoms with Crippen LogP contribution in [-0.4, -0.2) is 29.6 Å². The maximum atomic E-state index is 14.1. The monoisotopic (exact) mass is 506 g/mol. The number of hydrogen-bond donors (Lipinski definition) is 0. The molecule has 38 heavy (non-hydrogen) atoms. The molecule has 2 amide bonds. The van der Waals surface area contributed by atoms with E-state index in [4.69, 9.17) is 9.47 Å². The number of nitriles is 1. The lowest BCUT2D eigenvalue weighted by atomic mass is 9.66. The van der Waals surface area contributed by atoms with Crippen LogP contribution in [0.1, 0.15) is 55.7 Å². The van der Waals surface area contributed by atoms with E-state index in [1.54, 1.807) is 12.1 Å². The van der Waals surface area contributed by atoms with E-state index < -0.39 is 23.0 Å². The number of nitrogens with zero attached hydrogens (tertiary/aromatic N) is 2. The first-order chi connectivity index (χ1) is 18.5. The van der Waals surface area contributed by atoms with Crippen molar-refractivity contribution in [3.05, 3.63) is 71.3 Å². The van der Waals surface area contributed by atoms with Crippen LogP contribution in [-0.2, 0) is 27.2 Å². The summed E-state index contributed by atoms with van der Waals surface area (Å²) in [4.78, 5) is 29.5. The van der Waals surface area contributed by atoms with Crippen molar-refractivity contribution in [2.45, 2.75) is 63.1 Å². The lowest BCUT2D eigenvalue weighted by molar-refractivity contribution is -0.132. The minimum atomic E-state index is -0.707. The average Bonchev–Trinajstić information content (AvgIpc) is 3.69. The molecule has 3 saturated heterocycles. The van der Waals surface area contributed by atoms with Crippen LogP contribution in [0.25, 0.3) is 10.8 Å². The number of ether oxygens (including phenoxy) is 2. The second-order valence-corrected chi connectivity index (χ2v) is 11.2. The van der Waals surface area contributed by atoms with E-state index in [2.05, 4.69) is 25.1 Å². The SMILES string of the molecule is CC[C@]12CC[C@](CCOc3ccc4c(c3)CCC4)(O1)[C@@H]1C(=O)N(c3ccc(C#N)c4ccccc34)C(=O)[C@@H]12. The highest BCUT2D eigenvalue weighted by Gasteiger charge is 2.74. The molecule has 3 heterocycles. The number of aryl methyl sites for hydroxylation is 2. The summed E-state index contributed by atoms with van der Waals surface area (Å²) in [6.45, 7) is 2.49. The molecule has 0 N–H and O–H groups in total. The zero-order valence-corrected chi connectivity index (χ0v) is 21.5. The number of imide groups is 1. The Hall–Kier alpha value is -3.69. The second kappa shape index (κ2) is 8.41. The van der Waals surface area contributed by atoms with Gasteiger partial charge < -0.3 is 9.47 Å². The molecular weight excluding hydrogens is 476 g/mol. The van der Waals surface area contributed by atoms with Gasteiger partial charge in [0.1, 0.15) is 5.75 Å². The number of carbonyl (C=O) groups excluding carboxylic acids is 2. The Labute approximate surface area is 222 Å². The fraction of sp³-hybridized carbons (Fsp3) is 0.406. The Morgan fingerprint density at radius 3 is 2.50 bits per heavy atom. The number of fused-ring (bicyclic) bond motifs is 7. The van der Waals surface area contributed by atoms with Crippen molar-refractivity contribution >= 4 is 28.3 Å². The van der Waals surface area contributed by atoms with E-state index >= 15 is 0 Å². The third kappa shape index (κ3) is 3.15. The molecule has 4 aliphatic rings. The van der Waals surface area contributed by atoms with Crippen LogP contribution in [0.4, 0.5) is 5.69 Å². The van der Waals surface area contributed by atoms with Crippen molar-refractivity contribution in [2.75, 3.05) is 11.5 Å². The summed E-state index contributed by atoms with van der Waals surface area (Å²) in [6, 6.07) is 19.5. The maximum absolute atomic E-state index is 14.1. The van der Waals surface area contributed by atoms with E-state index in [-0.39, 0.29) is 11.8 Å². The Kier molecular flexibility index (Phi) is 5.18. The standard InChI is InChI=1S/C32H30N2O4/c1-2-31-14-15-32(38-31,16-17-37-23-12-10-20-6-5-7-21(20)18-23)28-27(31)29(35)34(30(28)36)26-13-11-22(19-33)24-8-3-4-9-25(24)26/h3-4,8-13,18,27-28H,2,5-7,14-17H2,1H3/t27-,28+,31-,32-/m1/s1. The van der Waals surface area contributed by atoms with Crippen LogP contribution in [0, 0.1) is 23.2 Å². The van der Waals surface area contributed by atoms with Gasteiger partial charge >= 0.3 is 0 Å². The number of hydrogen-bond acceptors (Lipinski definition) is 5. The highest BCUT2D eigenvalue weighted by molar-refractivity contribution is 6.26. The smallest absolute Gasteiger partial charge is 0.240 e. The third-order valence-electron chi connectivity index (χ3n) is 9.54. The molecule has 1 aliphatic carbocycles. The molecule has 0 saturated carbocycles. The van der Waals surface area contributed by atoms with Gasteiger partial charge in [0, 0.05) is 17.2 Å². The van der Waals surface area contributed by atoms with Gasteiger partial charge in [-0.05, 0) is 73.9 Å². The Morgan fingerprint density at radius 2 is 1.71 bits per heavy atom. The van der Waals surface area contributed by atoms with Gasteiger partial charge in [-0.2, -0.15) is 5.26 Å². The van der Waals surface area contributed by atoms with Crippen molar-refractivity contribution in [3.8, 4) is 11.8 Å². The molecule has 6 heteroatoms. The molecule has 0 radical (unpaired) electrons. The van der Waals surface area contributed by atoms with Crippen LogP contribution < -0.4 is 9.64 Å². The number of carbonyl (C=O) groups is 2. The summed E-state index contributed by atoms with van der Waals surface area (Å²) in [5.74, 6) is -0.541. The lowest BCUT2D eigenvalue weighted by Crippen LogP contribution is -2.43. The topological polar surface area (TPSA) is 79.6 Å². The van der Waals surface area contributed by atoms with Crippen LogP contribution in [0.2, 0.25) is 0 Å². The van der Waals surface area contributed by atoms with Crippen molar-refractivity contribution < 1.29 is 19.1 Å². The summed E-state index contributed by atoms with van der Waals surface area (Å²) < 4.78 is 12.9. The molecule has 192 valence electrons. The molecule has 3 aromatic rings. The molecule has 7 rings (SSSR count). The molecule has 3 aliphatic heterocycles. The first-order valence-electron chi connectivity index (χ1n) is 13.7. The van der Waals surface area contributed by atoms with E-state index in [9.17, 15) is 14.9 Å². The van der Waals surface area contributed by atoms with Gasteiger partial charge in [0.2, 0.25) is 11.8 Å². The predicted molar refractivity (Wildman–Crippen MR) is 143 cm³/mol. The summed E-state index contributed by atoms with van der Waals surface area (Å²) in [6.07, 6.45) is 6.19. The van der Waals surface area contributed by atoms with Gasteiger partial charge in [-0.1, -0.05) is 37.3 Å². The van der Waals surface area contributed by atoms with Crippen LogP contribution in [0.15, 0.2) is 54.6 Å². The molecule has 2 bridgehead atoms. The first-order valence-corrected chi connectivity index (χ1v) is 13.7. The Morgan fingerprint density at radius 1 is 0.974 bits per heavy atom. The quantitative estimate of drug-likeness (QED) is 0.413. The average molecular weight is 507 g/mol. The molecular formula is C32H30N2O4. The van der Waals surface area contributed by atoms with Crippen LogP contribution in [0.3, 0.4) is 0 Å². The second-order valence-electron chi connectivity index (χ2n) is 11.2. The molecule has 3 aromatic carbocycles. The van der Waals surface area contributed by atoms with E-state index in [0.717, 1.165) is 42.2 Å². The molecule has 3 fully saturated rings. The first kappa shape index (κ1) is 23.4. The zero-order chi connectivity index (χ0) is 26.1. The highest BCUT2D eigenvalue weighted by Crippen LogP contribution is 2.63. The number of amides is 2. The fourth-order valence-corrected chi connectivity index (χ4v) is 7.69. The van der Waals surface area contributed by atoms with Gasteiger partial charge in [0.25, 0.3) is 0 Å².